The number of hydrogen-bond acceptors (Lipinski definition) is 3. The number of carbonyl (C=O) groups is 1. The number of nitrogens with zero attached hydrogens (tertiary/aromatic N) is 1. The molecule has 18 heavy (non-hydrogen) atoms. The minimum absolute atomic E-state index is 0.0138. The minimum Gasteiger partial charge on any atom is -0.316 e. The molecule has 0 aliphatic carbocycles. The summed E-state index contributed by atoms with van der Waals surface area (Å²) in [5.74, 6) is 0.408. The van der Waals surface area contributed by atoms with Gasteiger partial charge in [0.05, 0.1) is 6.20 Å². The number of Topliss-reactive ketones (excluding diaryl/α,β-unsaturated/α-hetero) is 1. The molecule has 2 rings (SSSR count). The zero-order valence-electron chi connectivity index (χ0n) is 10.7. The maximum atomic E-state index is 13.0. The lowest BCUT2D eigenvalue weighted by molar-refractivity contribution is 0.0942. The summed E-state index contributed by atoms with van der Waals surface area (Å²) in [6.45, 7) is 4.16. The molecule has 2 heterocycles. The molecular formula is C14H19FN2O. The predicted octanol–water partition coefficient (Wildman–Crippen LogP) is 2.43. The Kier molecular flexibility index (Phi) is 4.42. The number of halogens is 1. The van der Waals surface area contributed by atoms with Crippen molar-refractivity contribution >= 4 is 5.78 Å². The molecule has 98 valence electrons. The second-order valence-corrected chi connectivity index (χ2v) is 5.10. The number of ketones is 1. The summed E-state index contributed by atoms with van der Waals surface area (Å²) in [7, 11) is 0. The molecule has 1 aromatic rings. The number of piperidine rings is 1. The molecule has 0 aromatic carbocycles. The third-order valence-corrected chi connectivity index (χ3v) is 3.67. The molecule has 0 saturated carbocycles. The molecule has 0 bridgehead atoms. The molecule has 0 spiro atoms. The fraction of sp³-hybridized carbons (Fsp3) is 0.571. The normalized spacial score (nSPS) is 21.6. The Balaban J connectivity index is 1.94. The van der Waals surface area contributed by atoms with Gasteiger partial charge >= 0.3 is 0 Å². The molecule has 4 heteroatoms. The van der Waals surface area contributed by atoms with Crippen LogP contribution >= 0.6 is 0 Å². The SMILES string of the molecule is CC(CC(=O)c1cncc(F)c1)C1CCCNC1. The first-order valence-corrected chi connectivity index (χ1v) is 6.51. The summed E-state index contributed by atoms with van der Waals surface area (Å²) in [5.41, 5.74) is 0.380. The van der Waals surface area contributed by atoms with Crippen LogP contribution in [0.2, 0.25) is 0 Å². The number of pyridine rings is 1. The first-order chi connectivity index (χ1) is 8.66. The molecule has 1 saturated heterocycles. The zero-order chi connectivity index (χ0) is 13.0. The summed E-state index contributed by atoms with van der Waals surface area (Å²) in [4.78, 5) is 15.7. The zero-order valence-corrected chi connectivity index (χ0v) is 10.7. The molecular weight excluding hydrogens is 231 g/mol. The van der Waals surface area contributed by atoms with Crippen molar-refractivity contribution in [1.29, 1.82) is 0 Å². The fourth-order valence-electron chi connectivity index (χ4n) is 2.51. The van der Waals surface area contributed by atoms with Crippen LogP contribution in [0.25, 0.3) is 0 Å². The monoisotopic (exact) mass is 250 g/mol. The van der Waals surface area contributed by atoms with Gasteiger partial charge in [0.2, 0.25) is 0 Å². The van der Waals surface area contributed by atoms with E-state index in [9.17, 15) is 9.18 Å². The summed E-state index contributed by atoms with van der Waals surface area (Å²) < 4.78 is 13.0. The number of aromatic nitrogens is 1. The highest BCUT2D eigenvalue weighted by Crippen LogP contribution is 2.23. The van der Waals surface area contributed by atoms with Crippen LogP contribution in [0.1, 0.15) is 36.5 Å². The van der Waals surface area contributed by atoms with E-state index >= 15 is 0 Å². The minimum atomic E-state index is -0.451. The van der Waals surface area contributed by atoms with Crippen LogP contribution in [0.4, 0.5) is 4.39 Å². The topological polar surface area (TPSA) is 42.0 Å². The van der Waals surface area contributed by atoms with E-state index in [1.54, 1.807) is 0 Å². The van der Waals surface area contributed by atoms with Gasteiger partial charge in [-0.2, -0.15) is 0 Å². The summed E-state index contributed by atoms with van der Waals surface area (Å²) in [5, 5.41) is 3.35. The van der Waals surface area contributed by atoms with Gasteiger partial charge < -0.3 is 5.32 Å². The Labute approximate surface area is 107 Å². The Hall–Kier alpha value is -1.29. The Morgan fingerprint density at radius 1 is 1.61 bits per heavy atom. The van der Waals surface area contributed by atoms with Crippen molar-refractivity contribution in [2.75, 3.05) is 13.1 Å². The van der Waals surface area contributed by atoms with Crippen LogP contribution in [-0.2, 0) is 0 Å². The summed E-state index contributed by atoms with van der Waals surface area (Å²) in [6.07, 6.45) is 5.37. The van der Waals surface area contributed by atoms with Crippen molar-refractivity contribution in [2.45, 2.75) is 26.2 Å². The number of carbonyl (C=O) groups excluding carboxylic acids is 1. The van der Waals surface area contributed by atoms with Gasteiger partial charge in [-0.1, -0.05) is 6.92 Å². The average molecular weight is 250 g/mol. The van der Waals surface area contributed by atoms with Crippen LogP contribution in [0.3, 0.4) is 0 Å². The van der Waals surface area contributed by atoms with Crippen LogP contribution < -0.4 is 5.32 Å². The molecule has 1 aromatic heterocycles. The van der Waals surface area contributed by atoms with Crippen molar-refractivity contribution in [2.24, 2.45) is 11.8 Å². The second-order valence-electron chi connectivity index (χ2n) is 5.10. The maximum Gasteiger partial charge on any atom is 0.164 e. The molecule has 1 aliphatic rings. The molecule has 2 atom stereocenters. The van der Waals surface area contributed by atoms with E-state index < -0.39 is 5.82 Å². The average Bonchev–Trinajstić information content (AvgIpc) is 2.39. The lowest BCUT2D eigenvalue weighted by Crippen LogP contribution is -2.34. The standard InChI is InChI=1S/C14H19FN2O/c1-10(11-3-2-4-16-7-11)5-14(18)12-6-13(15)9-17-8-12/h6,8-11,16H,2-5,7H2,1H3. The van der Waals surface area contributed by atoms with Gasteiger partial charge in [-0.05, 0) is 43.8 Å². The van der Waals surface area contributed by atoms with E-state index in [1.165, 1.54) is 25.1 Å². The fourth-order valence-corrected chi connectivity index (χ4v) is 2.51. The van der Waals surface area contributed by atoms with E-state index in [4.69, 9.17) is 0 Å². The lowest BCUT2D eigenvalue weighted by Gasteiger charge is -2.27. The van der Waals surface area contributed by atoms with E-state index in [1.807, 2.05) is 0 Å². The van der Waals surface area contributed by atoms with Crippen molar-refractivity contribution in [3.05, 3.63) is 29.8 Å². The Bertz CT molecular complexity index is 416. The molecule has 1 aliphatic heterocycles. The first kappa shape index (κ1) is 13.1. The van der Waals surface area contributed by atoms with E-state index in [2.05, 4.69) is 17.2 Å². The number of rotatable bonds is 4. The van der Waals surface area contributed by atoms with Crippen LogP contribution in [0, 0.1) is 17.7 Å². The van der Waals surface area contributed by atoms with Crippen LogP contribution in [-0.4, -0.2) is 23.9 Å². The maximum absolute atomic E-state index is 13.0. The van der Waals surface area contributed by atoms with Gasteiger partial charge in [-0.15, -0.1) is 0 Å². The largest absolute Gasteiger partial charge is 0.316 e. The summed E-state index contributed by atoms with van der Waals surface area (Å²) >= 11 is 0. The van der Waals surface area contributed by atoms with Crippen molar-refractivity contribution in [1.82, 2.24) is 10.3 Å². The highest BCUT2D eigenvalue weighted by Gasteiger charge is 2.22. The quantitative estimate of drug-likeness (QED) is 0.834. The van der Waals surface area contributed by atoms with Gasteiger partial charge in [0.15, 0.2) is 5.78 Å². The van der Waals surface area contributed by atoms with Crippen molar-refractivity contribution in [3.8, 4) is 0 Å². The van der Waals surface area contributed by atoms with Gasteiger partial charge in [0.1, 0.15) is 5.82 Å². The molecule has 0 amide bonds. The summed E-state index contributed by atoms with van der Waals surface area (Å²) in [6, 6.07) is 1.27. The Morgan fingerprint density at radius 2 is 2.44 bits per heavy atom. The number of nitrogens with one attached hydrogen (secondary N) is 1. The third-order valence-electron chi connectivity index (χ3n) is 3.67. The molecule has 3 nitrogen and oxygen atoms in total. The van der Waals surface area contributed by atoms with Crippen molar-refractivity contribution in [3.63, 3.8) is 0 Å². The van der Waals surface area contributed by atoms with E-state index in [-0.39, 0.29) is 5.78 Å². The number of hydrogen-bond donors (Lipinski definition) is 1. The predicted molar refractivity (Wildman–Crippen MR) is 67.9 cm³/mol. The third kappa shape index (κ3) is 3.35. The highest BCUT2D eigenvalue weighted by atomic mass is 19.1. The van der Waals surface area contributed by atoms with Gasteiger partial charge in [-0.25, -0.2) is 4.39 Å². The second kappa shape index (κ2) is 6.05. The lowest BCUT2D eigenvalue weighted by atomic mass is 9.83. The smallest absolute Gasteiger partial charge is 0.164 e. The molecule has 1 fully saturated rings. The molecule has 2 unspecified atom stereocenters. The van der Waals surface area contributed by atoms with Gasteiger partial charge in [-0.3, -0.25) is 9.78 Å². The van der Waals surface area contributed by atoms with Gasteiger partial charge in [0, 0.05) is 18.2 Å². The highest BCUT2D eigenvalue weighted by molar-refractivity contribution is 5.95. The van der Waals surface area contributed by atoms with Gasteiger partial charge in [0.25, 0.3) is 0 Å². The Morgan fingerprint density at radius 3 is 3.11 bits per heavy atom. The van der Waals surface area contributed by atoms with Crippen LogP contribution in [0.5, 0.6) is 0 Å². The van der Waals surface area contributed by atoms with E-state index in [0.717, 1.165) is 19.3 Å². The van der Waals surface area contributed by atoms with Crippen molar-refractivity contribution < 1.29 is 9.18 Å². The molecule has 1 N–H and O–H groups in total. The van der Waals surface area contributed by atoms with E-state index in [0.29, 0.717) is 23.8 Å². The first-order valence-electron chi connectivity index (χ1n) is 6.51. The molecule has 0 radical (unpaired) electrons. The van der Waals surface area contributed by atoms with Crippen LogP contribution in [0.15, 0.2) is 18.5 Å².